The van der Waals surface area contributed by atoms with Crippen molar-refractivity contribution < 1.29 is 9.84 Å². The summed E-state index contributed by atoms with van der Waals surface area (Å²) in [6, 6.07) is 13.8. The van der Waals surface area contributed by atoms with Crippen LogP contribution in [0.5, 0.6) is 17.2 Å². The fraction of sp³-hybridized carbons (Fsp3) is 0.0588. The SMILES string of the molecule is Oc1ccc2ccc3c(c2c1)Cc1cc(I)cc(I)c1O3. The molecule has 104 valence electrons. The number of halogens is 2. The van der Waals surface area contributed by atoms with E-state index in [9.17, 15) is 5.11 Å². The highest BCUT2D eigenvalue weighted by Crippen LogP contribution is 2.43. The number of phenolic OH excluding ortho intramolecular Hbond substituents is 1. The zero-order valence-corrected chi connectivity index (χ0v) is 15.2. The summed E-state index contributed by atoms with van der Waals surface area (Å²) >= 11 is 4.66. The molecule has 0 unspecified atom stereocenters. The molecule has 0 atom stereocenters. The largest absolute Gasteiger partial charge is 0.508 e. The Bertz CT molecular complexity index is 888. The topological polar surface area (TPSA) is 29.5 Å². The van der Waals surface area contributed by atoms with E-state index in [4.69, 9.17) is 4.74 Å². The van der Waals surface area contributed by atoms with Gasteiger partial charge in [0.05, 0.1) is 3.57 Å². The molecule has 21 heavy (non-hydrogen) atoms. The molecule has 1 aliphatic rings. The van der Waals surface area contributed by atoms with Crippen molar-refractivity contribution in [3.8, 4) is 17.2 Å². The van der Waals surface area contributed by atoms with Gasteiger partial charge in [0.2, 0.25) is 0 Å². The number of benzene rings is 3. The Balaban J connectivity index is 1.96. The highest BCUT2D eigenvalue weighted by Gasteiger charge is 2.21. The number of hydrogen-bond acceptors (Lipinski definition) is 2. The van der Waals surface area contributed by atoms with E-state index >= 15 is 0 Å². The lowest BCUT2D eigenvalue weighted by molar-refractivity contribution is 0.457. The molecule has 4 rings (SSSR count). The zero-order valence-electron chi connectivity index (χ0n) is 10.9. The fourth-order valence-electron chi connectivity index (χ4n) is 2.79. The number of ether oxygens (including phenoxy) is 1. The minimum Gasteiger partial charge on any atom is -0.508 e. The lowest BCUT2D eigenvalue weighted by Gasteiger charge is -2.23. The lowest BCUT2D eigenvalue weighted by atomic mass is 9.95. The molecular formula is C17H10I2O2. The van der Waals surface area contributed by atoms with E-state index < -0.39 is 0 Å². The molecular weight excluding hydrogens is 490 g/mol. The van der Waals surface area contributed by atoms with Crippen LogP contribution in [0.2, 0.25) is 0 Å². The van der Waals surface area contributed by atoms with Gasteiger partial charge in [-0.1, -0.05) is 12.1 Å². The van der Waals surface area contributed by atoms with Crippen molar-refractivity contribution in [2.75, 3.05) is 0 Å². The Morgan fingerprint density at radius 2 is 1.81 bits per heavy atom. The van der Waals surface area contributed by atoms with Crippen molar-refractivity contribution in [1.82, 2.24) is 0 Å². The van der Waals surface area contributed by atoms with Crippen LogP contribution in [0.1, 0.15) is 11.1 Å². The number of aromatic hydroxyl groups is 1. The zero-order chi connectivity index (χ0) is 14.6. The van der Waals surface area contributed by atoms with E-state index in [0.29, 0.717) is 5.75 Å². The molecule has 0 aliphatic carbocycles. The number of phenols is 1. The second kappa shape index (κ2) is 5.01. The van der Waals surface area contributed by atoms with Gasteiger partial charge in [0, 0.05) is 21.1 Å². The third kappa shape index (κ3) is 2.28. The summed E-state index contributed by atoms with van der Waals surface area (Å²) in [5.41, 5.74) is 2.35. The first-order valence-electron chi connectivity index (χ1n) is 6.52. The molecule has 0 spiro atoms. The second-order valence-electron chi connectivity index (χ2n) is 5.10. The van der Waals surface area contributed by atoms with E-state index in [1.54, 1.807) is 6.07 Å². The summed E-state index contributed by atoms with van der Waals surface area (Å²) in [5.74, 6) is 2.14. The summed E-state index contributed by atoms with van der Waals surface area (Å²) in [6.45, 7) is 0. The molecule has 0 saturated heterocycles. The summed E-state index contributed by atoms with van der Waals surface area (Å²) in [6.07, 6.45) is 0.832. The molecule has 1 heterocycles. The van der Waals surface area contributed by atoms with Crippen molar-refractivity contribution in [3.63, 3.8) is 0 Å². The van der Waals surface area contributed by atoms with E-state index in [1.807, 2.05) is 24.3 Å². The summed E-state index contributed by atoms with van der Waals surface area (Å²) < 4.78 is 8.47. The van der Waals surface area contributed by atoms with Gasteiger partial charge < -0.3 is 9.84 Å². The highest BCUT2D eigenvalue weighted by molar-refractivity contribution is 14.1. The Morgan fingerprint density at radius 3 is 2.67 bits per heavy atom. The van der Waals surface area contributed by atoms with Crippen molar-refractivity contribution in [1.29, 1.82) is 0 Å². The molecule has 2 nitrogen and oxygen atoms in total. The molecule has 0 aromatic heterocycles. The van der Waals surface area contributed by atoms with Gasteiger partial charge in [-0.05, 0) is 86.3 Å². The van der Waals surface area contributed by atoms with E-state index in [0.717, 1.165) is 37.8 Å². The molecule has 4 heteroatoms. The Kier molecular flexibility index (Phi) is 3.25. The van der Waals surface area contributed by atoms with Crippen LogP contribution >= 0.6 is 45.2 Å². The van der Waals surface area contributed by atoms with Crippen molar-refractivity contribution in [2.45, 2.75) is 6.42 Å². The van der Waals surface area contributed by atoms with Gasteiger partial charge in [-0.25, -0.2) is 0 Å². The van der Waals surface area contributed by atoms with Crippen LogP contribution in [0, 0.1) is 7.14 Å². The van der Waals surface area contributed by atoms with Crippen LogP contribution in [0.25, 0.3) is 10.8 Å². The Labute approximate surface area is 149 Å². The van der Waals surface area contributed by atoms with Gasteiger partial charge >= 0.3 is 0 Å². The van der Waals surface area contributed by atoms with Crippen LogP contribution in [0.3, 0.4) is 0 Å². The average Bonchev–Trinajstić information content (AvgIpc) is 2.45. The maximum Gasteiger partial charge on any atom is 0.144 e. The van der Waals surface area contributed by atoms with Crippen molar-refractivity contribution in [3.05, 3.63) is 60.7 Å². The molecule has 0 radical (unpaired) electrons. The molecule has 3 aromatic rings. The van der Waals surface area contributed by atoms with Crippen LogP contribution in [0.15, 0.2) is 42.5 Å². The van der Waals surface area contributed by atoms with Gasteiger partial charge in [-0.3, -0.25) is 0 Å². The van der Waals surface area contributed by atoms with Crippen LogP contribution in [-0.4, -0.2) is 5.11 Å². The number of rotatable bonds is 0. The molecule has 0 bridgehead atoms. The maximum atomic E-state index is 9.77. The molecule has 3 aromatic carbocycles. The highest BCUT2D eigenvalue weighted by atomic mass is 127. The smallest absolute Gasteiger partial charge is 0.144 e. The Hall–Kier alpha value is -1.02. The summed E-state index contributed by atoms with van der Waals surface area (Å²) in [5, 5.41) is 12.0. The molecule has 0 fully saturated rings. The van der Waals surface area contributed by atoms with Crippen molar-refractivity contribution in [2.24, 2.45) is 0 Å². The van der Waals surface area contributed by atoms with Gasteiger partial charge in [-0.15, -0.1) is 0 Å². The van der Waals surface area contributed by atoms with E-state index in [2.05, 4.69) is 57.3 Å². The lowest BCUT2D eigenvalue weighted by Crippen LogP contribution is -2.05. The van der Waals surface area contributed by atoms with Gasteiger partial charge in [-0.2, -0.15) is 0 Å². The molecule has 1 N–H and O–H groups in total. The predicted octanol–water partition coefficient (Wildman–Crippen LogP) is 5.45. The third-order valence-electron chi connectivity index (χ3n) is 3.74. The van der Waals surface area contributed by atoms with E-state index in [1.165, 1.54) is 9.13 Å². The predicted molar refractivity (Wildman–Crippen MR) is 100 cm³/mol. The quantitative estimate of drug-likeness (QED) is 0.326. The first kappa shape index (κ1) is 13.6. The second-order valence-corrected chi connectivity index (χ2v) is 7.51. The summed E-state index contributed by atoms with van der Waals surface area (Å²) in [7, 11) is 0. The number of hydrogen-bond donors (Lipinski definition) is 1. The monoisotopic (exact) mass is 500 g/mol. The minimum atomic E-state index is 0.291. The third-order valence-corrected chi connectivity index (χ3v) is 5.16. The van der Waals surface area contributed by atoms with Gasteiger partial charge in [0.15, 0.2) is 0 Å². The first-order valence-corrected chi connectivity index (χ1v) is 8.68. The van der Waals surface area contributed by atoms with Crippen molar-refractivity contribution >= 4 is 56.0 Å². The van der Waals surface area contributed by atoms with Gasteiger partial charge in [0.1, 0.15) is 17.2 Å². The fourth-order valence-corrected chi connectivity index (χ4v) is 4.86. The minimum absolute atomic E-state index is 0.291. The average molecular weight is 500 g/mol. The summed E-state index contributed by atoms with van der Waals surface area (Å²) in [4.78, 5) is 0. The van der Waals surface area contributed by atoms with Gasteiger partial charge in [0.25, 0.3) is 0 Å². The van der Waals surface area contributed by atoms with Crippen LogP contribution in [0.4, 0.5) is 0 Å². The maximum absolute atomic E-state index is 9.77. The first-order chi connectivity index (χ1) is 10.1. The van der Waals surface area contributed by atoms with Crippen LogP contribution in [-0.2, 0) is 6.42 Å². The molecule has 0 amide bonds. The van der Waals surface area contributed by atoms with E-state index in [-0.39, 0.29) is 0 Å². The normalized spacial score (nSPS) is 12.7. The standard InChI is InChI=1S/C17H10I2O2/c18-11-5-10-6-14-13-8-12(20)3-1-9(13)2-4-16(14)21-17(10)15(19)7-11/h1-5,7-8,20H,6H2. The molecule has 0 saturated carbocycles. The molecule has 1 aliphatic heterocycles. The van der Waals surface area contributed by atoms with Crippen LogP contribution < -0.4 is 4.74 Å². The Morgan fingerprint density at radius 1 is 1.00 bits per heavy atom. The number of fused-ring (bicyclic) bond motifs is 4.